The van der Waals surface area contributed by atoms with E-state index in [4.69, 9.17) is 5.73 Å². The van der Waals surface area contributed by atoms with Crippen LogP contribution in [0, 0.1) is 0 Å². The zero-order valence-electron chi connectivity index (χ0n) is 12.6. The maximum absolute atomic E-state index is 11.5. The summed E-state index contributed by atoms with van der Waals surface area (Å²) in [5.74, 6) is -0.0805. The molecular formula is C18H14N4O2. The van der Waals surface area contributed by atoms with Gasteiger partial charge >= 0.3 is 0 Å². The van der Waals surface area contributed by atoms with Crippen molar-refractivity contribution in [3.63, 3.8) is 0 Å². The Labute approximate surface area is 136 Å². The highest BCUT2D eigenvalue weighted by Gasteiger charge is 2.09. The molecule has 0 atom stereocenters. The van der Waals surface area contributed by atoms with Crippen LogP contribution in [0.5, 0.6) is 5.75 Å². The Hall–Kier alpha value is -3.54. The fourth-order valence-corrected chi connectivity index (χ4v) is 2.81. The van der Waals surface area contributed by atoms with Crippen LogP contribution in [-0.4, -0.2) is 19.9 Å². The predicted molar refractivity (Wildman–Crippen MR) is 93.2 cm³/mol. The summed E-state index contributed by atoms with van der Waals surface area (Å²) in [5, 5.41) is 17.7. The van der Waals surface area contributed by atoms with E-state index >= 15 is 0 Å². The molecule has 2 aromatic carbocycles. The van der Waals surface area contributed by atoms with E-state index in [9.17, 15) is 9.90 Å². The number of nitrogens with zero attached hydrogens (tertiary/aromatic N) is 2. The second-order valence-electron chi connectivity index (χ2n) is 5.50. The zero-order chi connectivity index (χ0) is 16.7. The van der Waals surface area contributed by atoms with Crippen molar-refractivity contribution < 1.29 is 5.11 Å². The van der Waals surface area contributed by atoms with Gasteiger partial charge in [0, 0.05) is 17.1 Å². The molecule has 0 spiro atoms. The molecule has 0 aliphatic carbocycles. The topological polar surface area (TPSA) is 96.9 Å². The van der Waals surface area contributed by atoms with Crippen molar-refractivity contribution in [1.29, 1.82) is 0 Å². The average molecular weight is 318 g/mol. The molecule has 118 valence electrons. The van der Waals surface area contributed by atoms with Crippen LogP contribution in [0.2, 0.25) is 0 Å². The smallest absolute Gasteiger partial charge is 0.225 e. The molecule has 0 saturated heterocycles. The van der Waals surface area contributed by atoms with E-state index in [-0.39, 0.29) is 11.6 Å². The molecule has 4 N–H and O–H groups in total. The highest BCUT2D eigenvalue weighted by atomic mass is 16.3. The summed E-state index contributed by atoms with van der Waals surface area (Å²) in [6.07, 6.45) is 3.12. The van der Waals surface area contributed by atoms with E-state index in [1.807, 2.05) is 42.5 Å². The van der Waals surface area contributed by atoms with Gasteiger partial charge in [0.15, 0.2) is 5.75 Å². The fraction of sp³-hybridized carbons (Fsp3) is 0. The molecule has 6 heteroatoms. The second kappa shape index (κ2) is 5.27. The molecule has 0 amide bonds. The largest absolute Gasteiger partial charge is 0.503 e. The Morgan fingerprint density at radius 3 is 2.83 bits per heavy atom. The lowest BCUT2D eigenvalue weighted by Crippen LogP contribution is -2.10. The third kappa shape index (κ3) is 2.21. The lowest BCUT2D eigenvalue weighted by atomic mass is 10.0. The summed E-state index contributed by atoms with van der Waals surface area (Å²) in [7, 11) is 0. The van der Waals surface area contributed by atoms with Gasteiger partial charge < -0.3 is 10.8 Å². The van der Waals surface area contributed by atoms with Crippen molar-refractivity contribution in [3.05, 3.63) is 71.1 Å². The van der Waals surface area contributed by atoms with Crippen LogP contribution < -0.4 is 11.2 Å². The van der Waals surface area contributed by atoms with E-state index in [2.05, 4.69) is 10.2 Å². The molecule has 2 heterocycles. The Morgan fingerprint density at radius 1 is 1.12 bits per heavy atom. The van der Waals surface area contributed by atoms with Crippen LogP contribution in [0.25, 0.3) is 27.7 Å². The van der Waals surface area contributed by atoms with Crippen LogP contribution in [0.15, 0.2) is 65.7 Å². The van der Waals surface area contributed by atoms with Gasteiger partial charge in [0.05, 0.1) is 17.9 Å². The summed E-state index contributed by atoms with van der Waals surface area (Å²) in [6.45, 7) is 0. The molecule has 24 heavy (non-hydrogen) atoms. The number of H-pyrrole nitrogens is 1. The predicted octanol–water partition coefficient (Wildman–Crippen LogP) is 2.67. The third-order valence-electron chi connectivity index (χ3n) is 3.98. The molecule has 0 radical (unpaired) electrons. The van der Waals surface area contributed by atoms with Crippen molar-refractivity contribution in [3.8, 4) is 22.6 Å². The normalized spacial score (nSPS) is 11.0. The quantitative estimate of drug-likeness (QED) is 0.529. The minimum atomic E-state index is -0.497. The Morgan fingerprint density at radius 2 is 1.96 bits per heavy atom. The van der Waals surface area contributed by atoms with E-state index in [1.165, 1.54) is 12.3 Å². The standard InChI is InChI=1S/C18H14N4O2/c19-18-8-16(23)17(24)10-22(18)12-4-1-3-11(7-12)13-5-2-6-15-14(13)9-20-21-15/h1-10,24H,19H2,(H,20,21). The number of aromatic amines is 1. The molecule has 0 aliphatic rings. The van der Waals surface area contributed by atoms with Crippen molar-refractivity contribution in [2.24, 2.45) is 0 Å². The highest BCUT2D eigenvalue weighted by molar-refractivity contribution is 5.94. The van der Waals surface area contributed by atoms with Gasteiger partial charge in [-0.15, -0.1) is 0 Å². The first-order valence-electron chi connectivity index (χ1n) is 7.37. The number of pyridine rings is 1. The van der Waals surface area contributed by atoms with Gasteiger partial charge in [-0.3, -0.25) is 14.5 Å². The number of rotatable bonds is 2. The minimum Gasteiger partial charge on any atom is -0.503 e. The van der Waals surface area contributed by atoms with Gasteiger partial charge in [0.2, 0.25) is 5.43 Å². The molecule has 0 aliphatic heterocycles. The van der Waals surface area contributed by atoms with E-state index in [0.29, 0.717) is 0 Å². The number of hydrogen-bond acceptors (Lipinski definition) is 4. The van der Waals surface area contributed by atoms with Gasteiger partial charge in [0.25, 0.3) is 0 Å². The third-order valence-corrected chi connectivity index (χ3v) is 3.98. The molecule has 4 aromatic rings. The molecule has 0 fully saturated rings. The Kier molecular flexibility index (Phi) is 3.09. The Bertz CT molecular complexity index is 1110. The van der Waals surface area contributed by atoms with Crippen LogP contribution in [0.3, 0.4) is 0 Å². The average Bonchev–Trinajstić information content (AvgIpc) is 3.07. The van der Waals surface area contributed by atoms with Gasteiger partial charge in [0.1, 0.15) is 5.82 Å². The lowest BCUT2D eigenvalue weighted by molar-refractivity contribution is 0.466. The summed E-state index contributed by atoms with van der Waals surface area (Å²) < 4.78 is 1.58. The summed E-state index contributed by atoms with van der Waals surface area (Å²) in [4.78, 5) is 11.5. The monoisotopic (exact) mass is 318 g/mol. The first-order valence-corrected chi connectivity index (χ1v) is 7.37. The highest BCUT2D eigenvalue weighted by Crippen LogP contribution is 2.29. The van der Waals surface area contributed by atoms with Crippen LogP contribution in [0.1, 0.15) is 0 Å². The molecule has 2 aromatic heterocycles. The number of nitrogen functional groups attached to an aromatic ring is 1. The molecule has 0 bridgehead atoms. The van der Waals surface area contributed by atoms with E-state index < -0.39 is 5.43 Å². The van der Waals surface area contributed by atoms with Crippen molar-refractivity contribution >= 4 is 16.7 Å². The molecule has 4 rings (SSSR count). The number of aromatic hydroxyl groups is 1. The van der Waals surface area contributed by atoms with Crippen LogP contribution in [-0.2, 0) is 0 Å². The molecule has 0 unspecified atom stereocenters. The minimum absolute atomic E-state index is 0.261. The van der Waals surface area contributed by atoms with Crippen molar-refractivity contribution in [2.45, 2.75) is 0 Å². The number of fused-ring (bicyclic) bond motifs is 1. The number of aromatic nitrogens is 3. The molecular weight excluding hydrogens is 304 g/mol. The first-order chi connectivity index (χ1) is 11.6. The number of hydrogen-bond donors (Lipinski definition) is 3. The van der Waals surface area contributed by atoms with Gasteiger partial charge in [-0.05, 0) is 29.3 Å². The summed E-state index contributed by atoms with van der Waals surface area (Å²) in [6, 6.07) is 14.8. The maximum Gasteiger partial charge on any atom is 0.225 e. The number of nitrogens with two attached hydrogens (primary N) is 1. The Balaban J connectivity index is 1.90. The fourth-order valence-electron chi connectivity index (χ4n) is 2.81. The van der Waals surface area contributed by atoms with Gasteiger partial charge in [-0.25, -0.2) is 0 Å². The van der Waals surface area contributed by atoms with Gasteiger partial charge in [-0.1, -0.05) is 24.3 Å². The number of nitrogens with one attached hydrogen (secondary N) is 1. The van der Waals surface area contributed by atoms with Crippen molar-refractivity contribution in [2.75, 3.05) is 5.73 Å². The first kappa shape index (κ1) is 14.1. The van der Waals surface area contributed by atoms with Crippen molar-refractivity contribution in [1.82, 2.24) is 14.8 Å². The van der Waals surface area contributed by atoms with Gasteiger partial charge in [-0.2, -0.15) is 5.10 Å². The summed E-state index contributed by atoms with van der Waals surface area (Å²) in [5.41, 5.74) is 9.15. The summed E-state index contributed by atoms with van der Waals surface area (Å²) >= 11 is 0. The lowest BCUT2D eigenvalue weighted by Gasteiger charge is -2.12. The number of benzene rings is 2. The van der Waals surface area contributed by atoms with Crippen LogP contribution in [0.4, 0.5) is 5.82 Å². The number of anilines is 1. The second-order valence-corrected chi connectivity index (χ2v) is 5.50. The van der Waals surface area contributed by atoms with E-state index in [1.54, 1.807) is 10.8 Å². The molecule has 6 nitrogen and oxygen atoms in total. The van der Waals surface area contributed by atoms with E-state index in [0.717, 1.165) is 27.7 Å². The zero-order valence-corrected chi connectivity index (χ0v) is 12.6. The molecule has 0 saturated carbocycles. The maximum atomic E-state index is 11.5. The van der Waals surface area contributed by atoms with Crippen LogP contribution >= 0.6 is 0 Å². The SMILES string of the molecule is Nc1cc(=O)c(O)cn1-c1cccc(-c2cccc3[nH]ncc23)c1.